The van der Waals surface area contributed by atoms with Crippen molar-refractivity contribution in [3.63, 3.8) is 0 Å². The zero-order valence-electron chi connectivity index (χ0n) is 9.04. The molecule has 0 aliphatic rings. The molecule has 15 heavy (non-hydrogen) atoms. The molecule has 0 bridgehead atoms. The quantitative estimate of drug-likeness (QED) is 0.523. The summed E-state index contributed by atoms with van der Waals surface area (Å²) < 4.78 is 16.8. The molecule has 0 aromatic heterocycles. The van der Waals surface area contributed by atoms with Crippen LogP contribution in [0.5, 0.6) is 0 Å². The summed E-state index contributed by atoms with van der Waals surface area (Å²) in [5.41, 5.74) is -0.657. The Bertz CT molecular complexity index is 237. The summed E-state index contributed by atoms with van der Waals surface area (Å²) in [5.74, 6) is -1.79. The van der Waals surface area contributed by atoms with Gasteiger partial charge < -0.3 is 9.84 Å². The van der Waals surface area contributed by atoms with Gasteiger partial charge in [0.15, 0.2) is 0 Å². The summed E-state index contributed by atoms with van der Waals surface area (Å²) in [4.78, 5) is 21.6. The first-order valence-corrected chi connectivity index (χ1v) is 4.48. The van der Waals surface area contributed by atoms with E-state index in [1.54, 1.807) is 20.8 Å². The van der Waals surface area contributed by atoms with Crippen LogP contribution >= 0.6 is 0 Å². The SMILES string of the molecule is CC(C)(C)C(=O)OCN[C@H](CF)C(=O)O. The highest BCUT2D eigenvalue weighted by atomic mass is 19.1. The van der Waals surface area contributed by atoms with Crippen LogP contribution in [0.25, 0.3) is 0 Å². The first kappa shape index (κ1) is 13.8. The second-order valence-corrected chi connectivity index (χ2v) is 4.08. The Morgan fingerprint density at radius 3 is 2.33 bits per heavy atom. The molecule has 0 spiro atoms. The molecule has 0 aliphatic carbocycles. The number of hydrogen-bond acceptors (Lipinski definition) is 4. The maximum absolute atomic E-state index is 12.1. The Morgan fingerprint density at radius 2 is 2.00 bits per heavy atom. The molecule has 88 valence electrons. The molecule has 0 saturated heterocycles. The van der Waals surface area contributed by atoms with Crippen LogP contribution in [0, 0.1) is 5.41 Å². The fraction of sp³-hybridized carbons (Fsp3) is 0.778. The van der Waals surface area contributed by atoms with Gasteiger partial charge in [0.1, 0.15) is 19.4 Å². The third-order valence-corrected chi connectivity index (χ3v) is 1.60. The average Bonchev–Trinajstić information content (AvgIpc) is 2.09. The van der Waals surface area contributed by atoms with E-state index in [-0.39, 0.29) is 6.73 Å². The molecule has 0 saturated carbocycles. The van der Waals surface area contributed by atoms with Gasteiger partial charge in [-0.25, -0.2) is 4.39 Å². The van der Waals surface area contributed by atoms with Crippen molar-refractivity contribution in [1.82, 2.24) is 5.32 Å². The maximum atomic E-state index is 12.1. The fourth-order valence-electron chi connectivity index (χ4n) is 0.632. The highest BCUT2D eigenvalue weighted by Gasteiger charge is 2.23. The van der Waals surface area contributed by atoms with E-state index in [0.717, 1.165) is 0 Å². The predicted octanol–water partition coefficient (Wildman–Crippen LogP) is 0.546. The third-order valence-electron chi connectivity index (χ3n) is 1.60. The van der Waals surface area contributed by atoms with E-state index in [2.05, 4.69) is 5.32 Å². The van der Waals surface area contributed by atoms with Crippen LogP contribution in [0.1, 0.15) is 20.8 Å². The number of aliphatic carboxylic acids is 1. The minimum atomic E-state index is -1.34. The molecular weight excluding hydrogens is 205 g/mol. The van der Waals surface area contributed by atoms with Crippen molar-refractivity contribution in [3.05, 3.63) is 0 Å². The molecule has 0 aliphatic heterocycles. The number of carbonyl (C=O) groups is 2. The molecule has 6 heteroatoms. The molecule has 0 radical (unpaired) electrons. The Kier molecular flexibility index (Phi) is 5.21. The number of carboxylic acids is 1. The molecular formula is C9H16FNO4. The van der Waals surface area contributed by atoms with Gasteiger partial charge in [-0.15, -0.1) is 0 Å². The Labute approximate surface area is 87.6 Å². The van der Waals surface area contributed by atoms with E-state index in [9.17, 15) is 14.0 Å². The molecule has 0 amide bonds. The molecule has 0 aromatic carbocycles. The van der Waals surface area contributed by atoms with Crippen molar-refractivity contribution >= 4 is 11.9 Å². The third kappa shape index (κ3) is 5.31. The second kappa shape index (κ2) is 5.65. The van der Waals surface area contributed by atoms with Gasteiger partial charge in [-0.1, -0.05) is 0 Å². The number of carboxylic acid groups (broad SMARTS) is 1. The van der Waals surface area contributed by atoms with Gasteiger partial charge >= 0.3 is 11.9 Å². The number of halogens is 1. The van der Waals surface area contributed by atoms with Crippen molar-refractivity contribution in [2.24, 2.45) is 5.41 Å². The molecule has 1 atom stereocenters. The van der Waals surface area contributed by atoms with Crippen LogP contribution in [0.2, 0.25) is 0 Å². The lowest BCUT2D eigenvalue weighted by Gasteiger charge is -2.17. The van der Waals surface area contributed by atoms with Crippen LogP contribution in [0.15, 0.2) is 0 Å². The van der Waals surface area contributed by atoms with Crippen molar-refractivity contribution in [2.75, 3.05) is 13.4 Å². The summed E-state index contributed by atoms with van der Waals surface area (Å²) >= 11 is 0. The normalized spacial score (nSPS) is 13.3. The van der Waals surface area contributed by atoms with Crippen LogP contribution in [-0.2, 0) is 14.3 Å². The van der Waals surface area contributed by atoms with Crippen LogP contribution in [-0.4, -0.2) is 36.5 Å². The van der Waals surface area contributed by atoms with Gasteiger partial charge in [0.2, 0.25) is 0 Å². The molecule has 2 N–H and O–H groups in total. The molecule has 0 fully saturated rings. The molecule has 0 heterocycles. The highest BCUT2D eigenvalue weighted by Crippen LogP contribution is 2.14. The summed E-state index contributed by atoms with van der Waals surface area (Å²) in [6.45, 7) is 3.64. The lowest BCUT2D eigenvalue weighted by atomic mass is 9.98. The number of alkyl halides is 1. The predicted molar refractivity (Wildman–Crippen MR) is 50.9 cm³/mol. The summed E-state index contributed by atoms with van der Waals surface area (Å²) in [7, 11) is 0. The molecule has 0 rings (SSSR count). The lowest BCUT2D eigenvalue weighted by molar-refractivity contribution is -0.155. The molecule has 5 nitrogen and oxygen atoms in total. The first-order valence-electron chi connectivity index (χ1n) is 4.48. The number of esters is 1. The maximum Gasteiger partial charge on any atom is 0.323 e. The zero-order valence-corrected chi connectivity index (χ0v) is 9.04. The van der Waals surface area contributed by atoms with Gasteiger partial charge in [-0.05, 0) is 20.8 Å². The number of hydrogen-bond donors (Lipinski definition) is 2. The fourth-order valence-corrected chi connectivity index (χ4v) is 0.632. The average molecular weight is 221 g/mol. The minimum absolute atomic E-state index is 0.309. The number of carbonyl (C=O) groups excluding carboxylic acids is 1. The number of rotatable bonds is 5. The number of ether oxygens (including phenoxy) is 1. The van der Waals surface area contributed by atoms with E-state index in [4.69, 9.17) is 9.84 Å². The van der Waals surface area contributed by atoms with Crippen LogP contribution < -0.4 is 5.32 Å². The molecule has 0 aromatic rings. The van der Waals surface area contributed by atoms with E-state index in [1.165, 1.54) is 0 Å². The summed E-state index contributed by atoms with van der Waals surface area (Å²) in [6, 6.07) is -1.34. The van der Waals surface area contributed by atoms with E-state index >= 15 is 0 Å². The van der Waals surface area contributed by atoms with E-state index in [1.807, 2.05) is 0 Å². The standard InChI is InChI=1S/C9H16FNO4/c1-9(2,3)8(14)15-5-11-6(4-10)7(12)13/h6,11H,4-5H2,1-3H3,(H,12,13)/t6-/m1/s1. The van der Waals surface area contributed by atoms with Gasteiger partial charge in [0, 0.05) is 0 Å². The minimum Gasteiger partial charge on any atom is -0.480 e. The summed E-state index contributed by atoms with van der Waals surface area (Å²) in [5, 5.41) is 10.7. The Balaban J connectivity index is 3.89. The van der Waals surface area contributed by atoms with Crippen LogP contribution in [0.3, 0.4) is 0 Å². The monoisotopic (exact) mass is 221 g/mol. The largest absolute Gasteiger partial charge is 0.480 e. The second-order valence-electron chi connectivity index (χ2n) is 4.08. The van der Waals surface area contributed by atoms with Gasteiger partial charge in [-0.3, -0.25) is 14.9 Å². The van der Waals surface area contributed by atoms with Crippen molar-refractivity contribution in [3.8, 4) is 0 Å². The highest BCUT2D eigenvalue weighted by molar-refractivity contribution is 5.75. The van der Waals surface area contributed by atoms with Crippen LogP contribution in [0.4, 0.5) is 4.39 Å². The summed E-state index contributed by atoms with van der Waals surface area (Å²) in [6.07, 6.45) is 0. The Morgan fingerprint density at radius 1 is 1.47 bits per heavy atom. The van der Waals surface area contributed by atoms with Gasteiger partial charge in [0.25, 0.3) is 0 Å². The zero-order chi connectivity index (χ0) is 12.1. The van der Waals surface area contributed by atoms with Gasteiger partial charge in [0.05, 0.1) is 5.41 Å². The van der Waals surface area contributed by atoms with Crippen molar-refractivity contribution in [2.45, 2.75) is 26.8 Å². The van der Waals surface area contributed by atoms with Crippen molar-refractivity contribution < 1.29 is 23.8 Å². The van der Waals surface area contributed by atoms with Crippen molar-refractivity contribution in [1.29, 1.82) is 0 Å². The smallest absolute Gasteiger partial charge is 0.323 e. The first-order chi connectivity index (χ1) is 6.79. The lowest BCUT2D eigenvalue weighted by Crippen LogP contribution is -2.41. The Hall–Kier alpha value is -1.17. The molecule has 0 unspecified atom stereocenters. The topological polar surface area (TPSA) is 75.6 Å². The number of nitrogens with one attached hydrogen (secondary N) is 1. The van der Waals surface area contributed by atoms with E-state index < -0.39 is 30.1 Å². The van der Waals surface area contributed by atoms with E-state index in [0.29, 0.717) is 0 Å². The van der Waals surface area contributed by atoms with Gasteiger partial charge in [-0.2, -0.15) is 0 Å².